The summed E-state index contributed by atoms with van der Waals surface area (Å²) in [5, 5.41) is 17.4. The Bertz CT molecular complexity index is 2350. The Morgan fingerprint density at radius 3 is 1.92 bits per heavy atom. The van der Waals surface area contributed by atoms with Crippen LogP contribution in [-0.2, 0) is 55.9 Å². The van der Waals surface area contributed by atoms with Crippen LogP contribution < -0.4 is 9.84 Å². The number of pyridine rings is 4. The van der Waals surface area contributed by atoms with Gasteiger partial charge in [0.25, 0.3) is 19.4 Å². The number of hydrogen-bond acceptors (Lipinski definition) is 13. The second kappa shape index (κ2) is 26.0. The molecule has 0 aliphatic carbocycles. The van der Waals surface area contributed by atoms with Gasteiger partial charge in [0.05, 0.1) is 41.0 Å². The normalized spacial score (nSPS) is 10.6. The molecular formula is C42H34F3N7O6RuS2. The summed E-state index contributed by atoms with van der Waals surface area (Å²) in [5.74, 6) is 0.258. The molecule has 0 bridgehead atoms. The molecule has 6 aromatic rings. The molecule has 61 heavy (non-hydrogen) atoms. The van der Waals surface area contributed by atoms with Crippen LogP contribution in [0, 0.1) is 0 Å². The molecule has 13 nitrogen and oxygen atoms in total. The minimum Gasteiger partial charge on any atom is -0.753 e. The monoisotopic (exact) mass is 955 g/mol. The molecule has 0 atom stereocenters. The molecule has 6 aromatic heterocycles. The summed E-state index contributed by atoms with van der Waals surface area (Å²) >= 11 is 5.34. The van der Waals surface area contributed by atoms with E-state index in [0.29, 0.717) is 47.9 Å². The maximum absolute atomic E-state index is 12.7. The number of nitrogens with zero attached hydrogens (tertiary/aromatic N) is 7. The van der Waals surface area contributed by atoms with E-state index in [1.165, 1.54) is 42.5 Å². The van der Waals surface area contributed by atoms with Crippen LogP contribution in [0.4, 0.5) is 13.2 Å². The van der Waals surface area contributed by atoms with Crippen LogP contribution in [-0.4, -0.2) is 49.6 Å². The fraction of sp³-hybridized carbons (Fsp3) is 0.167. The van der Waals surface area contributed by atoms with Gasteiger partial charge in [-0.1, -0.05) is 44.1 Å². The first-order valence-electron chi connectivity index (χ1n) is 17.8. The molecule has 0 radical (unpaired) electrons. The molecule has 0 spiro atoms. The average Bonchev–Trinajstić information content (AvgIpc) is 3.95. The van der Waals surface area contributed by atoms with Crippen LogP contribution in [0.1, 0.15) is 55.0 Å². The van der Waals surface area contributed by atoms with Crippen molar-refractivity contribution in [1.29, 1.82) is 0 Å². The minimum atomic E-state index is -4.50. The van der Waals surface area contributed by atoms with E-state index >= 15 is 0 Å². The van der Waals surface area contributed by atoms with E-state index in [1.807, 2.05) is 6.07 Å². The van der Waals surface area contributed by atoms with E-state index in [2.05, 4.69) is 70.2 Å². The van der Waals surface area contributed by atoms with Crippen LogP contribution in [0.15, 0.2) is 97.2 Å². The number of hydrogen-bond donors (Lipinski definition) is 0. The molecule has 0 saturated carbocycles. The maximum atomic E-state index is 12.7. The maximum Gasteiger partial charge on any atom is 2.00 e. The van der Waals surface area contributed by atoms with Gasteiger partial charge in [-0.05, 0) is 101 Å². The zero-order valence-corrected chi connectivity index (χ0v) is 35.4. The predicted octanol–water partition coefficient (Wildman–Crippen LogP) is 9.66. The zero-order chi connectivity index (χ0) is 43.2. The predicted molar refractivity (Wildman–Crippen MR) is 223 cm³/mol. The summed E-state index contributed by atoms with van der Waals surface area (Å²) < 4.78 is 52.3. The second-order valence-electron chi connectivity index (χ2n) is 12.0. The van der Waals surface area contributed by atoms with Gasteiger partial charge in [-0.25, -0.2) is 4.98 Å². The molecular weight excluding hydrogens is 921 g/mol. The average molecular weight is 955 g/mol. The third-order valence-corrected chi connectivity index (χ3v) is 9.03. The number of thiocarbonyl (C=S) groups is 1. The molecule has 19 heteroatoms. The number of carbonyl (C=O) groups is 3. The van der Waals surface area contributed by atoms with E-state index in [4.69, 9.17) is 10.1 Å². The largest absolute Gasteiger partial charge is 2.00 e. The summed E-state index contributed by atoms with van der Waals surface area (Å²) in [6.07, 6.45) is 11.7. The van der Waals surface area contributed by atoms with Crippen molar-refractivity contribution in [3.8, 4) is 50.4 Å². The molecule has 0 unspecified atom stereocenters. The first-order valence-corrected chi connectivity index (χ1v) is 19.1. The molecule has 0 fully saturated rings. The van der Waals surface area contributed by atoms with Gasteiger partial charge in [-0.3, -0.25) is 29.3 Å². The van der Waals surface area contributed by atoms with Crippen molar-refractivity contribution in [3.05, 3.63) is 125 Å². The summed E-state index contributed by atoms with van der Waals surface area (Å²) in [6, 6.07) is 16.8. The van der Waals surface area contributed by atoms with E-state index in [-0.39, 0.29) is 30.9 Å². The van der Waals surface area contributed by atoms with Crippen molar-refractivity contribution in [2.75, 3.05) is 0 Å². The summed E-state index contributed by atoms with van der Waals surface area (Å²) in [7, 11) is 0. The third-order valence-electron chi connectivity index (χ3n) is 8.03. The Labute approximate surface area is 370 Å². The van der Waals surface area contributed by atoms with Gasteiger partial charge in [-0.2, -0.15) is 18.3 Å². The third kappa shape index (κ3) is 15.6. The van der Waals surface area contributed by atoms with Crippen LogP contribution in [0.2, 0.25) is 0 Å². The SMILES string of the molecule is CCCCCCc1ccsc1-c1ccnc(-c2cc(C(F)(F)F)n[n-]2)c1.O=CO/C=C/c1ccnc(-c2cc(OC=O)cc(-c3cc(/C=C/OC=O)ccn3)n2)c1.[N-]=C=S.[Ru+2]. The van der Waals surface area contributed by atoms with Gasteiger partial charge < -0.3 is 29.8 Å². The van der Waals surface area contributed by atoms with Crippen molar-refractivity contribution < 1.29 is 61.2 Å². The molecule has 6 rings (SSSR count). The topological polar surface area (TPSA) is 180 Å². The number of ether oxygens (including phenoxy) is 3. The van der Waals surface area contributed by atoms with Gasteiger partial charge >= 0.3 is 25.7 Å². The number of carbonyl (C=O) groups excluding carboxylic acids is 3. The summed E-state index contributed by atoms with van der Waals surface area (Å²) in [4.78, 5) is 50.0. The first kappa shape index (κ1) is 49.0. The van der Waals surface area contributed by atoms with E-state index in [9.17, 15) is 27.6 Å². The molecule has 0 amide bonds. The fourth-order valence-corrected chi connectivity index (χ4v) is 6.32. The number of aromatic nitrogens is 6. The number of thiophene rings is 1. The van der Waals surface area contributed by atoms with E-state index in [0.717, 1.165) is 40.5 Å². The smallest absolute Gasteiger partial charge is 0.753 e. The molecule has 0 aromatic carbocycles. The van der Waals surface area contributed by atoms with Gasteiger partial charge in [0, 0.05) is 35.6 Å². The Hall–Kier alpha value is -6.39. The van der Waals surface area contributed by atoms with Crippen LogP contribution in [0.5, 0.6) is 5.75 Å². The Morgan fingerprint density at radius 1 is 0.787 bits per heavy atom. The molecule has 0 saturated heterocycles. The van der Waals surface area contributed by atoms with E-state index < -0.39 is 11.9 Å². The second-order valence-corrected chi connectivity index (χ2v) is 13.1. The van der Waals surface area contributed by atoms with E-state index in [1.54, 1.807) is 84.5 Å². The number of rotatable bonds is 17. The van der Waals surface area contributed by atoms with Gasteiger partial charge in [-0.15, -0.1) is 11.3 Å². The van der Waals surface area contributed by atoms with Crippen molar-refractivity contribution in [3.63, 3.8) is 0 Å². The Balaban J connectivity index is 0.000000305. The standard InChI is InChI=1S/C22H15N3O6.C19H19F3N3S.CNS.Ru/c26-13-29-7-3-16-1-5-23-19(9-16)21-11-18(31-15-28)12-22(25-21)20-10-17(2-6-24-20)4-8-30-14-27;1-2-3-4-5-6-13-8-10-26-18(13)14-7-9-23-15(11-14)16-12-17(25-24-16)19(20,21)22;2-1-3;/h1-15H;7-12H,2-6H2,1H3;;/q;2*-1;+2/b7-3+,8-4+;;;. The Kier molecular flexibility index (Phi) is 20.8. The van der Waals surface area contributed by atoms with Crippen LogP contribution in [0.3, 0.4) is 0 Å². The van der Waals surface area contributed by atoms with Crippen molar-refractivity contribution in [2.45, 2.75) is 45.2 Å². The van der Waals surface area contributed by atoms with Crippen molar-refractivity contribution in [2.24, 2.45) is 0 Å². The molecule has 0 aliphatic heterocycles. The molecule has 0 aliphatic rings. The van der Waals surface area contributed by atoms with Crippen molar-refractivity contribution >= 4 is 60.3 Å². The number of unbranched alkanes of at least 4 members (excludes halogenated alkanes) is 3. The molecule has 6 heterocycles. The van der Waals surface area contributed by atoms with Gasteiger partial charge in [0.15, 0.2) is 0 Å². The molecule has 314 valence electrons. The van der Waals surface area contributed by atoms with Crippen molar-refractivity contribution in [1.82, 2.24) is 30.1 Å². The first-order chi connectivity index (χ1) is 29.1. The number of alkyl halides is 3. The van der Waals surface area contributed by atoms with Crippen LogP contribution in [0.25, 0.3) is 62.2 Å². The number of halogens is 3. The molecule has 0 N–H and O–H groups in total. The van der Waals surface area contributed by atoms with Crippen LogP contribution >= 0.6 is 23.6 Å². The van der Waals surface area contributed by atoms with Gasteiger partial charge in [0.1, 0.15) is 11.4 Å². The Morgan fingerprint density at radius 2 is 1.38 bits per heavy atom. The van der Waals surface area contributed by atoms with Gasteiger partial charge in [0.2, 0.25) is 0 Å². The summed E-state index contributed by atoms with van der Waals surface area (Å²) in [5.41, 5.74) is 5.08. The summed E-state index contributed by atoms with van der Waals surface area (Å²) in [6.45, 7) is 3.13. The fourth-order valence-electron chi connectivity index (χ4n) is 5.37. The number of isothiocyanates is 1. The minimum absolute atomic E-state index is 0. The zero-order valence-electron chi connectivity index (χ0n) is 32.0. The number of aryl methyl sites for hydroxylation is 1. The quantitative estimate of drug-likeness (QED) is 0.0211.